The molecule has 0 unspecified atom stereocenters. The molecular weight excluding hydrogens is 291 g/mol. The number of nitrogens with zero attached hydrogens (tertiary/aromatic N) is 1. The Hall–Kier alpha value is -2.07. The number of hydrogen-bond donors (Lipinski definition) is 1. The Bertz CT molecular complexity index is 641. The SMILES string of the molecule is CN(C)C(=O)c1ccc(NCc2ccc(Cl)cc2F)cc1. The summed E-state index contributed by atoms with van der Waals surface area (Å²) in [5.74, 6) is -0.389. The fourth-order valence-corrected chi connectivity index (χ4v) is 2.01. The average molecular weight is 307 g/mol. The van der Waals surface area contributed by atoms with Gasteiger partial charge in [-0.1, -0.05) is 17.7 Å². The van der Waals surface area contributed by atoms with Gasteiger partial charge in [0.25, 0.3) is 5.91 Å². The molecule has 2 rings (SSSR count). The number of halogens is 2. The maximum Gasteiger partial charge on any atom is 0.253 e. The molecule has 2 aromatic rings. The second-order valence-electron chi connectivity index (χ2n) is 4.87. The molecule has 0 bridgehead atoms. The number of benzene rings is 2. The van der Waals surface area contributed by atoms with E-state index in [0.29, 0.717) is 22.7 Å². The Morgan fingerprint density at radius 1 is 1.19 bits per heavy atom. The van der Waals surface area contributed by atoms with Crippen molar-refractivity contribution in [3.8, 4) is 0 Å². The van der Waals surface area contributed by atoms with Gasteiger partial charge in [-0.25, -0.2) is 4.39 Å². The fourth-order valence-electron chi connectivity index (χ4n) is 1.85. The summed E-state index contributed by atoms with van der Waals surface area (Å²) < 4.78 is 13.6. The third kappa shape index (κ3) is 3.95. The zero-order chi connectivity index (χ0) is 15.4. The average Bonchev–Trinajstić information content (AvgIpc) is 2.46. The first-order valence-corrected chi connectivity index (χ1v) is 6.84. The zero-order valence-electron chi connectivity index (χ0n) is 11.9. The van der Waals surface area contributed by atoms with Crippen molar-refractivity contribution in [3.63, 3.8) is 0 Å². The van der Waals surface area contributed by atoms with Gasteiger partial charge >= 0.3 is 0 Å². The van der Waals surface area contributed by atoms with Crippen LogP contribution in [0.1, 0.15) is 15.9 Å². The molecule has 110 valence electrons. The molecule has 0 spiro atoms. The van der Waals surface area contributed by atoms with Crippen molar-refractivity contribution in [1.29, 1.82) is 0 Å². The lowest BCUT2D eigenvalue weighted by atomic mass is 10.1. The minimum Gasteiger partial charge on any atom is -0.381 e. The molecule has 0 saturated heterocycles. The molecule has 0 aliphatic rings. The van der Waals surface area contributed by atoms with Crippen molar-refractivity contribution in [2.45, 2.75) is 6.54 Å². The van der Waals surface area contributed by atoms with Crippen LogP contribution in [0, 0.1) is 5.82 Å². The lowest BCUT2D eigenvalue weighted by Crippen LogP contribution is -2.21. The fraction of sp³-hybridized carbons (Fsp3) is 0.188. The first kappa shape index (κ1) is 15.3. The van der Waals surface area contributed by atoms with Crippen LogP contribution in [0.3, 0.4) is 0 Å². The summed E-state index contributed by atoms with van der Waals surface area (Å²) in [4.78, 5) is 13.3. The van der Waals surface area contributed by atoms with Crippen molar-refractivity contribution in [2.75, 3.05) is 19.4 Å². The van der Waals surface area contributed by atoms with E-state index < -0.39 is 0 Å². The van der Waals surface area contributed by atoms with Crippen LogP contribution in [0.2, 0.25) is 5.02 Å². The van der Waals surface area contributed by atoms with Gasteiger partial charge in [-0.15, -0.1) is 0 Å². The molecule has 0 heterocycles. The van der Waals surface area contributed by atoms with E-state index in [2.05, 4.69) is 5.32 Å². The van der Waals surface area contributed by atoms with Crippen LogP contribution in [0.5, 0.6) is 0 Å². The van der Waals surface area contributed by atoms with E-state index in [-0.39, 0.29) is 11.7 Å². The number of amides is 1. The lowest BCUT2D eigenvalue weighted by molar-refractivity contribution is 0.0827. The Labute approximate surface area is 128 Å². The van der Waals surface area contributed by atoms with Gasteiger partial charge in [0.15, 0.2) is 0 Å². The molecule has 0 saturated carbocycles. The van der Waals surface area contributed by atoms with E-state index in [9.17, 15) is 9.18 Å². The predicted molar refractivity (Wildman–Crippen MR) is 83.2 cm³/mol. The molecule has 21 heavy (non-hydrogen) atoms. The van der Waals surface area contributed by atoms with Gasteiger partial charge in [0.2, 0.25) is 0 Å². The number of anilines is 1. The molecule has 0 radical (unpaired) electrons. The number of hydrogen-bond acceptors (Lipinski definition) is 2. The highest BCUT2D eigenvalue weighted by Crippen LogP contribution is 2.17. The number of carbonyl (C=O) groups is 1. The van der Waals surface area contributed by atoms with Gasteiger partial charge in [0.1, 0.15) is 5.82 Å². The Morgan fingerprint density at radius 3 is 2.43 bits per heavy atom. The van der Waals surface area contributed by atoms with Crippen molar-refractivity contribution >= 4 is 23.2 Å². The third-order valence-electron chi connectivity index (χ3n) is 3.04. The molecular formula is C16H16ClFN2O. The normalized spacial score (nSPS) is 10.3. The third-order valence-corrected chi connectivity index (χ3v) is 3.27. The highest BCUT2D eigenvalue weighted by molar-refractivity contribution is 6.30. The monoisotopic (exact) mass is 306 g/mol. The summed E-state index contributed by atoms with van der Waals surface area (Å²) in [6.07, 6.45) is 0. The first-order valence-electron chi connectivity index (χ1n) is 6.47. The summed E-state index contributed by atoms with van der Waals surface area (Å²) in [5, 5.41) is 3.49. The Kier molecular flexibility index (Phi) is 4.81. The number of carbonyl (C=O) groups excluding carboxylic acids is 1. The summed E-state index contributed by atoms with van der Waals surface area (Å²) >= 11 is 5.71. The second kappa shape index (κ2) is 6.59. The second-order valence-corrected chi connectivity index (χ2v) is 5.30. The molecule has 0 aliphatic heterocycles. The van der Waals surface area contributed by atoms with Crippen LogP contribution in [-0.2, 0) is 6.54 Å². The topological polar surface area (TPSA) is 32.3 Å². The van der Waals surface area contributed by atoms with Crippen molar-refractivity contribution < 1.29 is 9.18 Å². The van der Waals surface area contributed by atoms with E-state index in [0.717, 1.165) is 5.69 Å². The Balaban J connectivity index is 2.02. The van der Waals surface area contributed by atoms with Gasteiger partial charge in [-0.05, 0) is 36.4 Å². The van der Waals surface area contributed by atoms with Crippen LogP contribution in [-0.4, -0.2) is 24.9 Å². The zero-order valence-corrected chi connectivity index (χ0v) is 12.6. The molecule has 5 heteroatoms. The summed E-state index contributed by atoms with van der Waals surface area (Å²) in [5.41, 5.74) is 1.97. The van der Waals surface area contributed by atoms with Crippen LogP contribution in [0.25, 0.3) is 0 Å². The van der Waals surface area contributed by atoms with Crippen molar-refractivity contribution in [2.24, 2.45) is 0 Å². The largest absolute Gasteiger partial charge is 0.381 e. The van der Waals surface area contributed by atoms with Crippen LogP contribution >= 0.6 is 11.6 Å². The maximum absolute atomic E-state index is 13.6. The molecule has 2 aromatic carbocycles. The summed E-state index contributed by atoms with van der Waals surface area (Å²) in [6.45, 7) is 0.351. The van der Waals surface area contributed by atoms with E-state index in [1.807, 2.05) is 0 Å². The van der Waals surface area contributed by atoms with Gasteiger partial charge < -0.3 is 10.2 Å². The highest BCUT2D eigenvalue weighted by atomic mass is 35.5. The molecule has 0 aromatic heterocycles. The number of rotatable bonds is 4. The lowest BCUT2D eigenvalue weighted by Gasteiger charge is -2.11. The minimum atomic E-state index is -0.339. The standard InChI is InChI=1S/C16H16ClFN2O/c1-20(2)16(21)11-4-7-14(8-5-11)19-10-12-3-6-13(17)9-15(12)18/h3-9,19H,10H2,1-2H3. The van der Waals surface area contributed by atoms with Crippen LogP contribution in [0.15, 0.2) is 42.5 Å². The molecule has 0 fully saturated rings. The van der Waals surface area contributed by atoms with E-state index >= 15 is 0 Å². The van der Waals surface area contributed by atoms with Crippen molar-refractivity contribution in [1.82, 2.24) is 4.90 Å². The molecule has 1 amide bonds. The summed E-state index contributed by atoms with van der Waals surface area (Å²) in [6, 6.07) is 11.7. The Morgan fingerprint density at radius 2 is 1.86 bits per heavy atom. The molecule has 3 nitrogen and oxygen atoms in total. The van der Waals surface area contributed by atoms with Gasteiger partial charge in [0.05, 0.1) is 0 Å². The number of nitrogens with one attached hydrogen (secondary N) is 1. The maximum atomic E-state index is 13.6. The first-order chi connectivity index (χ1) is 9.97. The summed E-state index contributed by atoms with van der Waals surface area (Å²) in [7, 11) is 3.41. The smallest absolute Gasteiger partial charge is 0.253 e. The minimum absolute atomic E-state index is 0.0507. The van der Waals surface area contributed by atoms with Crippen LogP contribution in [0.4, 0.5) is 10.1 Å². The van der Waals surface area contributed by atoms with Crippen molar-refractivity contribution in [3.05, 3.63) is 64.4 Å². The molecule has 1 N–H and O–H groups in total. The predicted octanol–water partition coefficient (Wildman–Crippen LogP) is 3.79. The van der Waals surface area contributed by atoms with E-state index in [1.165, 1.54) is 11.0 Å². The molecule has 0 atom stereocenters. The quantitative estimate of drug-likeness (QED) is 0.932. The molecule has 0 aliphatic carbocycles. The van der Waals surface area contributed by atoms with Gasteiger partial charge in [0, 0.05) is 42.5 Å². The van der Waals surface area contributed by atoms with E-state index in [4.69, 9.17) is 11.6 Å². The van der Waals surface area contributed by atoms with Gasteiger partial charge in [-0.2, -0.15) is 0 Å². The van der Waals surface area contributed by atoms with Crippen LogP contribution < -0.4 is 5.32 Å². The highest BCUT2D eigenvalue weighted by Gasteiger charge is 2.07. The van der Waals surface area contributed by atoms with E-state index in [1.54, 1.807) is 50.5 Å². The van der Waals surface area contributed by atoms with Gasteiger partial charge in [-0.3, -0.25) is 4.79 Å².